The fourth-order valence-electron chi connectivity index (χ4n) is 1.49. The quantitative estimate of drug-likeness (QED) is 0.751. The number of aliphatic hydroxyl groups is 1. The summed E-state index contributed by atoms with van der Waals surface area (Å²) in [7, 11) is 1.89. The number of hydrogen-bond acceptors (Lipinski definition) is 3. The number of hydrogen-bond donors (Lipinski definition) is 2. The second-order valence-electron chi connectivity index (χ2n) is 3.77. The fraction of sp³-hybridized carbons (Fsp3) is 0.385. The predicted molar refractivity (Wildman–Crippen MR) is 65.8 cm³/mol. The second-order valence-corrected chi connectivity index (χ2v) is 3.77. The van der Waals surface area contributed by atoms with E-state index in [4.69, 9.17) is 10.8 Å². The molecule has 0 heterocycles. The summed E-state index contributed by atoms with van der Waals surface area (Å²) < 4.78 is 13.1. The monoisotopic (exact) mass is 236 g/mol. The third-order valence-corrected chi connectivity index (χ3v) is 2.32. The minimum absolute atomic E-state index is 0.0987. The number of halogens is 1. The lowest BCUT2D eigenvalue weighted by atomic mass is 10.1. The van der Waals surface area contributed by atoms with Crippen LogP contribution in [0.4, 0.5) is 4.39 Å². The molecule has 0 fully saturated rings. The molecule has 0 saturated heterocycles. The van der Waals surface area contributed by atoms with Crippen molar-refractivity contribution in [2.75, 3.05) is 26.7 Å². The van der Waals surface area contributed by atoms with Crippen molar-refractivity contribution in [3.05, 3.63) is 35.1 Å². The van der Waals surface area contributed by atoms with Gasteiger partial charge in [-0.15, -0.1) is 0 Å². The summed E-state index contributed by atoms with van der Waals surface area (Å²) in [6.45, 7) is 1.54. The Balaban J connectivity index is 2.89. The lowest BCUT2D eigenvalue weighted by Gasteiger charge is -2.16. The molecule has 3 N–H and O–H groups in total. The summed E-state index contributed by atoms with van der Waals surface area (Å²) in [5.41, 5.74) is 6.89. The van der Waals surface area contributed by atoms with Gasteiger partial charge in [-0.05, 0) is 24.7 Å². The van der Waals surface area contributed by atoms with Gasteiger partial charge in [0.05, 0.1) is 13.2 Å². The summed E-state index contributed by atoms with van der Waals surface area (Å²) in [6, 6.07) is 4.53. The molecule has 0 amide bonds. The highest BCUT2D eigenvalue weighted by Gasteiger charge is 2.05. The van der Waals surface area contributed by atoms with Crippen LogP contribution in [0, 0.1) is 17.7 Å². The molecule has 0 saturated carbocycles. The van der Waals surface area contributed by atoms with Crippen LogP contribution in [-0.2, 0) is 6.54 Å². The maximum absolute atomic E-state index is 13.1. The Hall–Kier alpha value is -1.41. The molecular formula is C13H17FN2O. The SMILES string of the molecule is CN(CCO)Cc1ccc(F)cc1C#CCN. The number of rotatable bonds is 4. The van der Waals surface area contributed by atoms with Crippen molar-refractivity contribution >= 4 is 0 Å². The third kappa shape index (κ3) is 4.53. The van der Waals surface area contributed by atoms with E-state index in [1.807, 2.05) is 11.9 Å². The average Bonchev–Trinajstić information content (AvgIpc) is 2.30. The molecule has 0 aliphatic heterocycles. The van der Waals surface area contributed by atoms with Crippen LogP contribution in [0.15, 0.2) is 18.2 Å². The zero-order chi connectivity index (χ0) is 12.7. The van der Waals surface area contributed by atoms with Crippen LogP contribution in [0.1, 0.15) is 11.1 Å². The Kier molecular flexibility index (Phi) is 5.64. The zero-order valence-corrected chi connectivity index (χ0v) is 9.91. The topological polar surface area (TPSA) is 49.5 Å². The van der Waals surface area contributed by atoms with Crippen molar-refractivity contribution in [1.82, 2.24) is 4.90 Å². The van der Waals surface area contributed by atoms with Crippen LogP contribution >= 0.6 is 0 Å². The standard InChI is InChI=1S/C13H17FN2O/c1-16(7-8-17)10-12-4-5-13(14)9-11(12)3-2-6-15/h4-5,9,17H,6-8,10,15H2,1H3. The normalized spacial score (nSPS) is 10.2. The van der Waals surface area contributed by atoms with E-state index in [1.165, 1.54) is 12.1 Å². The molecule has 1 aromatic carbocycles. The van der Waals surface area contributed by atoms with Crippen molar-refractivity contribution in [1.29, 1.82) is 0 Å². The molecule has 92 valence electrons. The van der Waals surface area contributed by atoms with Crippen LogP contribution < -0.4 is 5.73 Å². The van der Waals surface area contributed by atoms with E-state index in [9.17, 15) is 4.39 Å². The van der Waals surface area contributed by atoms with Gasteiger partial charge in [0.25, 0.3) is 0 Å². The van der Waals surface area contributed by atoms with Crippen molar-refractivity contribution in [2.45, 2.75) is 6.54 Å². The van der Waals surface area contributed by atoms with Gasteiger partial charge >= 0.3 is 0 Å². The molecule has 1 aromatic rings. The predicted octanol–water partition coefficient (Wildman–Crippen LogP) is 0.560. The van der Waals surface area contributed by atoms with E-state index in [0.29, 0.717) is 18.7 Å². The summed E-state index contributed by atoms with van der Waals surface area (Å²) >= 11 is 0. The van der Waals surface area contributed by atoms with Crippen LogP contribution in [0.3, 0.4) is 0 Å². The number of nitrogens with two attached hydrogens (primary N) is 1. The van der Waals surface area contributed by atoms with Gasteiger partial charge in [0.15, 0.2) is 0 Å². The summed E-state index contributed by atoms with van der Waals surface area (Å²) in [4.78, 5) is 1.95. The highest BCUT2D eigenvalue weighted by molar-refractivity contribution is 5.41. The summed E-state index contributed by atoms with van der Waals surface area (Å²) in [5.74, 6) is 5.27. The van der Waals surface area contributed by atoms with Gasteiger partial charge < -0.3 is 10.8 Å². The Bertz CT molecular complexity index is 423. The molecule has 0 aliphatic rings. The largest absolute Gasteiger partial charge is 0.395 e. The minimum atomic E-state index is -0.306. The molecule has 3 nitrogen and oxygen atoms in total. The molecule has 0 unspecified atom stereocenters. The first-order valence-corrected chi connectivity index (χ1v) is 5.44. The smallest absolute Gasteiger partial charge is 0.124 e. The number of nitrogens with zero attached hydrogens (tertiary/aromatic N) is 1. The average molecular weight is 236 g/mol. The molecule has 0 aromatic heterocycles. The highest BCUT2D eigenvalue weighted by Crippen LogP contribution is 2.12. The highest BCUT2D eigenvalue weighted by atomic mass is 19.1. The van der Waals surface area contributed by atoms with Crippen LogP contribution in [0.2, 0.25) is 0 Å². The molecule has 0 aliphatic carbocycles. The van der Waals surface area contributed by atoms with E-state index in [2.05, 4.69) is 11.8 Å². The molecule has 1 rings (SSSR count). The van der Waals surface area contributed by atoms with Gasteiger partial charge in [-0.25, -0.2) is 4.39 Å². The van der Waals surface area contributed by atoms with Crippen molar-refractivity contribution < 1.29 is 9.50 Å². The summed E-state index contributed by atoms with van der Waals surface area (Å²) in [6.07, 6.45) is 0. The molecule has 0 spiro atoms. The Morgan fingerprint density at radius 1 is 1.47 bits per heavy atom. The molecule has 0 bridgehead atoms. The minimum Gasteiger partial charge on any atom is -0.395 e. The first-order valence-electron chi connectivity index (χ1n) is 5.44. The lowest BCUT2D eigenvalue weighted by molar-refractivity contribution is 0.217. The van der Waals surface area contributed by atoms with Gasteiger partial charge in [-0.3, -0.25) is 4.90 Å². The van der Waals surface area contributed by atoms with Crippen LogP contribution in [0.25, 0.3) is 0 Å². The van der Waals surface area contributed by atoms with Gasteiger partial charge in [-0.1, -0.05) is 17.9 Å². The maximum atomic E-state index is 13.1. The van der Waals surface area contributed by atoms with Crippen molar-refractivity contribution in [3.63, 3.8) is 0 Å². The number of aliphatic hydroxyl groups excluding tert-OH is 1. The molecular weight excluding hydrogens is 219 g/mol. The number of likely N-dealkylation sites (N-methyl/N-ethyl adjacent to an activating group) is 1. The van der Waals surface area contributed by atoms with E-state index >= 15 is 0 Å². The molecule has 0 radical (unpaired) electrons. The van der Waals surface area contributed by atoms with Gasteiger partial charge in [0.2, 0.25) is 0 Å². The Morgan fingerprint density at radius 3 is 2.88 bits per heavy atom. The molecule has 4 heteroatoms. The first-order chi connectivity index (χ1) is 8.17. The van der Waals surface area contributed by atoms with Crippen LogP contribution in [0.5, 0.6) is 0 Å². The Labute approximate surface area is 101 Å². The van der Waals surface area contributed by atoms with Crippen molar-refractivity contribution in [2.24, 2.45) is 5.73 Å². The fourth-order valence-corrected chi connectivity index (χ4v) is 1.49. The third-order valence-electron chi connectivity index (χ3n) is 2.32. The second kappa shape index (κ2) is 7.02. The van der Waals surface area contributed by atoms with Crippen LogP contribution in [-0.4, -0.2) is 36.8 Å². The maximum Gasteiger partial charge on any atom is 0.124 e. The first kappa shape index (κ1) is 13.7. The molecule has 0 atom stereocenters. The molecule has 17 heavy (non-hydrogen) atoms. The van der Waals surface area contributed by atoms with Gasteiger partial charge in [0.1, 0.15) is 5.82 Å². The van der Waals surface area contributed by atoms with Gasteiger partial charge in [0, 0.05) is 18.7 Å². The van der Waals surface area contributed by atoms with E-state index in [-0.39, 0.29) is 19.0 Å². The van der Waals surface area contributed by atoms with Gasteiger partial charge in [-0.2, -0.15) is 0 Å². The van der Waals surface area contributed by atoms with E-state index in [1.54, 1.807) is 6.07 Å². The zero-order valence-electron chi connectivity index (χ0n) is 9.91. The Morgan fingerprint density at radius 2 is 2.24 bits per heavy atom. The van der Waals surface area contributed by atoms with Crippen molar-refractivity contribution in [3.8, 4) is 11.8 Å². The number of benzene rings is 1. The van der Waals surface area contributed by atoms with E-state index in [0.717, 1.165) is 5.56 Å². The van der Waals surface area contributed by atoms with E-state index < -0.39 is 0 Å². The lowest BCUT2D eigenvalue weighted by Crippen LogP contribution is -2.22. The summed E-state index contributed by atoms with van der Waals surface area (Å²) in [5, 5.41) is 8.82.